The van der Waals surface area contributed by atoms with Crippen molar-refractivity contribution < 1.29 is 18.3 Å². The molecule has 1 aliphatic rings. The Balaban J connectivity index is 1.72. The number of alkyl halides is 3. The summed E-state index contributed by atoms with van der Waals surface area (Å²) in [6.45, 7) is -0.0701. The maximum atomic E-state index is 12.9. The Hall–Kier alpha value is -2.36. The van der Waals surface area contributed by atoms with Gasteiger partial charge in [0.2, 0.25) is 0 Å². The molecule has 10 heteroatoms. The molecule has 2 aromatic heterocycles. The van der Waals surface area contributed by atoms with E-state index in [1.807, 2.05) is 0 Å². The first kappa shape index (κ1) is 17.5. The zero-order chi connectivity index (χ0) is 18.1. The van der Waals surface area contributed by atoms with Gasteiger partial charge in [0.05, 0.1) is 11.5 Å². The third-order valence-corrected chi connectivity index (χ3v) is 4.45. The van der Waals surface area contributed by atoms with Gasteiger partial charge in [-0.2, -0.15) is 18.3 Å². The van der Waals surface area contributed by atoms with Gasteiger partial charge in [-0.15, -0.1) is 0 Å². The minimum absolute atomic E-state index is 0.0465. The second-order valence-corrected chi connectivity index (χ2v) is 6.32. The van der Waals surface area contributed by atoms with Crippen molar-refractivity contribution in [2.45, 2.75) is 37.5 Å². The van der Waals surface area contributed by atoms with Crippen LogP contribution < -0.4 is 11.1 Å². The Kier molecular flexibility index (Phi) is 4.55. The molecule has 0 aliphatic heterocycles. The van der Waals surface area contributed by atoms with E-state index in [0.717, 1.165) is 0 Å². The number of nitrogens with one attached hydrogen (secondary N) is 1. The fourth-order valence-corrected chi connectivity index (χ4v) is 3.13. The maximum absolute atomic E-state index is 12.9. The van der Waals surface area contributed by atoms with Crippen LogP contribution in [0.3, 0.4) is 0 Å². The minimum atomic E-state index is -4.30. The number of hydrogen-bond donors (Lipinski definition) is 3. The van der Waals surface area contributed by atoms with Crippen LogP contribution in [-0.2, 0) is 0 Å². The molecule has 0 amide bonds. The summed E-state index contributed by atoms with van der Waals surface area (Å²) < 4.78 is 40.3. The van der Waals surface area contributed by atoms with Crippen LogP contribution in [0.2, 0.25) is 0 Å². The third-order valence-electron chi connectivity index (χ3n) is 4.45. The summed E-state index contributed by atoms with van der Waals surface area (Å²) in [5.41, 5.74) is 4.77. The van der Waals surface area contributed by atoms with Crippen molar-refractivity contribution in [3.8, 4) is 5.82 Å². The number of aromatic nitrogens is 4. The molecule has 136 valence electrons. The van der Waals surface area contributed by atoms with Crippen LogP contribution in [0.5, 0.6) is 0 Å². The van der Waals surface area contributed by atoms with Gasteiger partial charge in [-0.05, 0) is 31.7 Å². The van der Waals surface area contributed by atoms with E-state index in [1.165, 1.54) is 11.0 Å². The van der Waals surface area contributed by atoms with E-state index < -0.39 is 17.7 Å². The summed E-state index contributed by atoms with van der Waals surface area (Å²) in [6.07, 6.45) is 0.533. The van der Waals surface area contributed by atoms with E-state index >= 15 is 0 Å². The summed E-state index contributed by atoms with van der Waals surface area (Å²) in [5, 5.41) is 17.4. The van der Waals surface area contributed by atoms with Crippen molar-refractivity contribution in [3.63, 3.8) is 0 Å². The topological polar surface area (TPSA) is 102 Å². The fourth-order valence-electron chi connectivity index (χ4n) is 3.13. The standard InChI is InChI=1S/C15H19F3N6O/c16-15(17,18)10-3-1-4-14(25,7-10)8-20-12-11(19)13(22-9-21-12)24-6-2-5-23-24/h2,5-6,9-10,25H,1,3-4,7-8,19H2,(H,20,21,22). The average molecular weight is 356 g/mol. The minimum Gasteiger partial charge on any atom is -0.393 e. The third kappa shape index (κ3) is 3.84. The molecular weight excluding hydrogens is 337 g/mol. The molecular formula is C15H19F3N6O. The maximum Gasteiger partial charge on any atom is 0.391 e. The van der Waals surface area contributed by atoms with E-state index in [4.69, 9.17) is 5.73 Å². The summed E-state index contributed by atoms with van der Waals surface area (Å²) in [4.78, 5) is 8.06. The molecule has 0 spiro atoms. The first-order chi connectivity index (χ1) is 11.8. The summed E-state index contributed by atoms with van der Waals surface area (Å²) in [6, 6.07) is 1.71. The zero-order valence-corrected chi connectivity index (χ0v) is 13.4. The molecule has 3 rings (SSSR count). The van der Waals surface area contributed by atoms with Gasteiger partial charge in [0, 0.05) is 18.9 Å². The smallest absolute Gasteiger partial charge is 0.391 e. The van der Waals surface area contributed by atoms with E-state index in [2.05, 4.69) is 20.4 Å². The number of nitrogens with two attached hydrogens (primary N) is 1. The van der Waals surface area contributed by atoms with E-state index in [-0.39, 0.29) is 30.9 Å². The molecule has 2 heterocycles. The highest BCUT2D eigenvalue weighted by Gasteiger charge is 2.46. The molecule has 1 aliphatic carbocycles. The highest BCUT2D eigenvalue weighted by atomic mass is 19.4. The first-order valence-electron chi connectivity index (χ1n) is 7.92. The van der Waals surface area contributed by atoms with Gasteiger partial charge in [-0.25, -0.2) is 14.6 Å². The SMILES string of the molecule is Nc1c(NCC2(O)CCCC(C(F)(F)F)C2)ncnc1-n1cccn1. The highest BCUT2D eigenvalue weighted by Crippen LogP contribution is 2.41. The van der Waals surface area contributed by atoms with Crippen LogP contribution in [0.15, 0.2) is 24.8 Å². The lowest BCUT2D eigenvalue weighted by Crippen LogP contribution is -2.45. The quantitative estimate of drug-likeness (QED) is 0.776. The molecule has 0 radical (unpaired) electrons. The van der Waals surface area contributed by atoms with Crippen molar-refractivity contribution >= 4 is 11.5 Å². The Morgan fingerprint density at radius 3 is 2.88 bits per heavy atom. The Bertz CT molecular complexity index is 721. The molecule has 4 N–H and O–H groups in total. The van der Waals surface area contributed by atoms with Crippen molar-refractivity contribution in [1.29, 1.82) is 0 Å². The number of nitrogens with zero attached hydrogens (tertiary/aromatic N) is 4. The van der Waals surface area contributed by atoms with Crippen molar-refractivity contribution in [1.82, 2.24) is 19.7 Å². The Labute approximate surface area is 142 Å². The molecule has 0 aromatic carbocycles. The lowest BCUT2D eigenvalue weighted by atomic mass is 9.77. The average Bonchev–Trinajstić information content (AvgIpc) is 3.07. The van der Waals surface area contributed by atoms with Crippen molar-refractivity contribution in [3.05, 3.63) is 24.8 Å². The molecule has 25 heavy (non-hydrogen) atoms. The number of rotatable bonds is 4. The molecule has 0 bridgehead atoms. The molecule has 1 saturated carbocycles. The second-order valence-electron chi connectivity index (χ2n) is 6.32. The molecule has 0 saturated heterocycles. The van der Waals surface area contributed by atoms with E-state index in [9.17, 15) is 18.3 Å². The van der Waals surface area contributed by atoms with Crippen LogP contribution in [0, 0.1) is 5.92 Å². The predicted octanol–water partition coefficient (Wildman–Crippen LogP) is 2.14. The fraction of sp³-hybridized carbons (Fsp3) is 0.533. The second kappa shape index (κ2) is 6.51. The molecule has 2 aromatic rings. The lowest BCUT2D eigenvalue weighted by Gasteiger charge is -2.37. The summed E-state index contributed by atoms with van der Waals surface area (Å²) >= 11 is 0. The van der Waals surface area contributed by atoms with Crippen LogP contribution in [0.25, 0.3) is 5.82 Å². The first-order valence-corrected chi connectivity index (χ1v) is 7.92. The zero-order valence-electron chi connectivity index (χ0n) is 13.4. The Morgan fingerprint density at radius 2 is 2.20 bits per heavy atom. The summed E-state index contributed by atoms with van der Waals surface area (Å²) in [5.74, 6) is -0.884. The van der Waals surface area contributed by atoms with Crippen LogP contribution in [0.1, 0.15) is 25.7 Å². The monoisotopic (exact) mass is 356 g/mol. The van der Waals surface area contributed by atoms with Gasteiger partial charge in [0.25, 0.3) is 0 Å². The number of halogens is 3. The van der Waals surface area contributed by atoms with Gasteiger partial charge in [-0.1, -0.05) is 0 Å². The van der Waals surface area contributed by atoms with E-state index in [1.54, 1.807) is 18.5 Å². The van der Waals surface area contributed by atoms with Crippen molar-refractivity contribution in [2.24, 2.45) is 5.92 Å². The van der Waals surface area contributed by atoms with Gasteiger partial charge in [-0.3, -0.25) is 0 Å². The van der Waals surface area contributed by atoms with E-state index in [0.29, 0.717) is 18.7 Å². The Morgan fingerprint density at radius 1 is 1.40 bits per heavy atom. The summed E-state index contributed by atoms with van der Waals surface area (Å²) in [7, 11) is 0. The molecule has 2 unspecified atom stereocenters. The number of nitrogen functional groups attached to an aromatic ring is 1. The van der Waals surface area contributed by atoms with Crippen LogP contribution in [-0.4, -0.2) is 43.2 Å². The van der Waals surface area contributed by atoms with Crippen molar-refractivity contribution in [2.75, 3.05) is 17.6 Å². The van der Waals surface area contributed by atoms with Gasteiger partial charge < -0.3 is 16.2 Å². The normalized spacial score (nSPS) is 24.2. The molecule has 1 fully saturated rings. The van der Waals surface area contributed by atoms with Gasteiger partial charge >= 0.3 is 6.18 Å². The lowest BCUT2D eigenvalue weighted by molar-refractivity contribution is -0.199. The number of anilines is 2. The van der Waals surface area contributed by atoms with Gasteiger partial charge in [0.1, 0.15) is 12.0 Å². The number of hydrogen-bond acceptors (Lipinski definition) is 6. The number of aliphatic hydroxyl groups is 1. The van der Waals surface area contributed by atoms with Crippen LogP contribution >= 0.6 is 0 Å². The molecule has 7 nitrogen and oxygen atoms in total. The highest BCUT2D eigenvalue weighted by molar-refractivity contribution is 5.68. The predicted molar refractivity (Wildman–Crippen MR) is 85.0 cm³/mol. The van der Waals surface area contributed by atoms with Gasteiger partial charge in [0.15, 0.2) is 11.6 Å². The molecule has 2 atom stereocenters. The van der Waals surface area contributed by atoms with Crippen LogP contribution in [0.4, 0.5) is 24.7 Å². The largest absolute Gasteiger partial charge is 0.393 e.